The molecule has 1 amide bonds. The molecule has 1 saturated heterocycles. The van der Waals surface area contributed by atoms with Gasteiger partial charge < -0.3 is 24.7 Å². The van der Waals surface area contributed by atoms with Crippen LogP contribution in [0.2, 0.25) is 5.02 Å². The van der Waals surface area contributed by atoms with Gasteiger partial charge in [-0.05, 0) is 85.4 Å². The predicted molar refractivity (Wildman–Crippen MR) is 149 cm³/mol. The van der Waals surface area contributed by atoms with Gasteiger partial charge in [-0.15, -0.1) is 0 Å². The summed E-state index contributed by atoms with van der Waals surface area (Å²) in [5, 5.41) is 7.43. The molecule has 2 aromatic carbocycles. The maximum atomic E-state index is 11.9. The van der Waals surface area contributed by atoms with Crippen molar-refractivity contribution in [3.63, 3.8) is 0 Å². The Morgan fingerprint density at radius 1 is 1.16 bits per heavy atom. The third kappa shape index (κ3) is 5.22. The number of rotatable bonds is 7. The topological polar surface area (TPSA) is 79.6 Å². The minimum absolute atomic E-state index is 0.0113. The van der Waals surface area contributed by atoms with Crippen molar-refractivity contribution in [3.05, 3.63) is 101 Å². The molecule has 2 aromatic heterocycles. The lowest BCUT2D eigenvalue weighted by molar-refractivity contribution is -0.119. The molecule has 0 radical (unpaired) electrons. The third-order valence-electron chi connectivity index (χ3n) is 6.19. The molecule has 2 atom stereocenters. The second-order valence-electron chi connectivity index (χ2n) is 8.69. The van der Waals surface area contributed by atoms with E-state index < -0.39 is 0 Å². The van der Waals surface area contributed by atoms with Gasteiger partial charge in [0.1, 0.15) is 24.2 Å². The van der Waals surface area contributed by atoms with Crippen LogP contribution in [0.15, 0.2) is 83.4 Å². The minimum atomic E-state index is -0.301. The van der Waals surface area contributed by atoms with E-state index in [9.17, 15) is 4.79 Å². The van der Waals surface area contributed by atoms with Crippen molar-refractivity contribution in [2.45, 2.75) is 19.0 Å². The summed E-state index contributed by atoms with van der Waals surface area (Å²) in [5.74, 6) is 1.24. The molecule has 2 N–H and O–H groups in total. The molecule has 3 heterocycles. The molecule has 0 bridgehead atoms. The fraction of sp³-hybridized carbons (Fsp3) is 0.179. The highest BCUT2D eigenvalue weighted by atomic mass is 35.5. The van der Waals surface area contributed by atoms with Crippen LogP contribution in [-0.2, 0) is 9.53 Å². The number of hydrogen-bond donors (Lipinski definition) is 2. The minimum Gasteiger partial charge on any atom is -0.459 e. The molecule has 4 aromatic rings. The Morgan fingerprint density at radius 2 is 1.97 bits per heavy atom. The molecule has 0 unspecified atom stereocenters. The summed E-state index contributed by atoms with van der Waals surface area (Å²) in [6.07, 6.45) is 1.76. The van der Waals surface area contributed by atoms with Gasteiger partial charge in [0.2, 0.25) is 5.91 Å². The zero-order valence-corrected chi connectivity index (χ0v) is 21.8. The lowest BCUT2D eigenvalue weighted by atomic mass is 10.0. The van der Waals surface area contributed by atoms with Gasteiger partial charge in [0.15, 0.2) is 5.11 Å². The molecule has 1 aliphatic rings. The van der Waals surface area contributed by atoms with Crippen molar-refractivity contribution < 1.29 is 13.9 Å². The van der Waals surface area contributed by atoms with Crippen molar-refractivity contribution in [1.29, 1.82) is 0 Å². The average Bonchev–Trinajstić information content (AvgIpc) is 3.51. The second kappa shape index (κ2) is 10.7. The van der Waals surface area contributed by atoms with E-state index in [1.165, 1.54) is 7.11 Å². The largest absolute Gasteiger partial charge is 0.459 e. The van der Waals surface area contributed by atoms with E-state index in [1.54, 1.807) is 6.20 Å². The molecule has 0 spiro atoms. The standard InChI is InChI=1S/C28H25ClN4O3S/c1-17-6-7-18(29)15-21(17)23-12-13-24(36-23)27-26(22-5-3-4-14-30-22)32-28(37)33(27)20-10-8-19(9-11-20)31-25(34)16-35-2/h3-15,26-27H,16H2,1-2H3,(H,31,34)(H,32,37)/t26-,27+/m1/s1. The Hall–Kier alpha value is -3.72. The van der Waals surface area contributed by atoms with Crippen molar-refractivity contribution in [2.75, 3.05) is 23.9 Å². The molecular weight excluding hydrogens is 508 g/mol. The first-order chi connectivity index (χ1) is 17.9. The number of hydrogen-bond acceptors (Lipinski definition) is 5. The lowest BCUT2D eigenvalue weighted by Crippen LogP contribution is -2.29. The molecule has 188 valence electrons. The van der Waals surface area contributed by atoms with Crippen LogP contribution >= 0.6 is 23.8 Å². The van der Waals surface area contributed by atoms with Crippen molar-refractivity contribution >= 4 is 46.2 Å². The number of carbonyl (C=O) groups excluding carboxylic acids is 1. The number of nitrogens with zero attached hydrogens (tertiary/aromatic N) is 2. The highest BCUT2D eigenvalue weighted by Gasteiger charge is 2.42. The number of methoxy groups -OCH3 is 1. The Morgan fingerprint density at radius 3 is 2.70 bits per heavy atom. The average molecular weight is 533 g/mol. The molecule has 1 fully saturated rings. The number of benzene rings is 2. The summed E-state index contributed by atoms with van der Waals surface area (Å²) in [7, 11) is 1.48. The van der Waals surface area contributed by atoms with Crippen molar-refractivity contribution in [3.8, 4) is 11.3 Å². The van der Waals surface area contributed by atoms with Gasteiger partial charge in [-0.2, -0.15) is 0 Å². The smallest absolute Gasteiger partial charge is 0.250 e. The number of aryl methyl sites for hydroxylation is 1. The number of thiocarbonyl (C=S) groups is 1. The molecule has 7 nitrogen and oxygen atoms in total. The summed E-state index contributed by atoms with van der Waals surface area (Å²) >= 11 is 12.1. The number of anilines is 2. The summed E-state index contributed by atoms with van der Waals surface area (Å²) < 4.78 is 11.3. The zero-order valence-electron chi connectivity index (χ0n) is 20.3. The maximum absolute atomic E-state index is 11.9. The van der Waals surface area contributed by atoms with Crippen LogP contribution in [0, 0.1) is 6.92 Å². The van der Waals surface area contributed by atoms with Crippen LogP contribution < -0.4 is 15.5 Å². The maximum Gasteiger partial charge on any atom is 0.250 e. The highest BCUT2D eigenvalue weighted by molar-refractivity contribution is 7.80. The van der Waals surface area contributed by atoms with Crippen LogP contribution in [0.25, 0.3) is 11.3 Å². The van der Waals surface area contributed by atoms with E-state index in [-0.39, 0.29) is 24.6 Å². The summed E-state index contributed by atoms with van der Waals surface area (Å²) in [4.78, 5) is 18.5. The van der Waals surface area contributed by atoms with Crippen LogP contribution in [0.1, 0.15) is 29.1 Å². The quantitative estimate of drug-likeness (QED) is 0.280. The fourth-order valence-corrected chi connectivity index (χ4v) is 4.99. The van der Waals surface area contributed by atoms with Gasteiger partial charge in [0, 0.05) is 35.3 Å². The number of amides is 1. The van der Waals surface area contributed by atoms with E-state index in [0.717, 1.165) is 34.0 Å². The first-order valence-electron chi connectivity index (χ1n) is 11.7. The number of ether oxygens (including phenoxy) is 1. The van der Waals surface area contributed by atoms with E-state index in [4.69, 9.17) is 33.0 Å². The number of pyridine rings is 1. The number of halogens is 1. The Labute approximate surface area is 225 Å². The van der Waals surface area contributed by atoms with Gasteiger partial charge in [-0.1, -0.05) is 23.7 Å². The molecule has 0 saturated carbocycles. The van der Waals surface area contributed by atoms with Gasteiger partial charge in [-0.3, -0.25) is 9.78 Å². The predicted octanol–water partition coefficient (Wildman–Crippen LogP) is 6.07. The SMILES string of the molecule is COCC(=O)Nc1ccc(N2C(=S)N[C@H](c3ccccn3)[C@@H]2c2ccc(-c3cc(Cl)ccc3C)o2)cc1. The molecular formula is C28H25ClN4O3S. The lowest BCUT2D eigenvalue weighted by Gasteiger charge is -2.26. The highest BCUT2D eigenvalue weighted by Crippen LogP contribution is 2.43. The zero-order chi connectivity index (χ0) is 25.9. The summed E-state index contributed by atoms with van der Waals surface area (Å²) in [6.45, 7) is 2.01. The fourth-order valence-electron chi connectivity index (χ4n) is 4.47. The molecule has 5 rings (SSSR count). The second-order valence-corrected chi connectivity index (χ2v) is 9.51. The number of furan rings is 1. The Kier molecular flexibility index (Phi) is 7.23. The molecule has 1 aliphatic heterocycles. The Bertz CT molecular complexity index is 1430. The van der Waals surface area contributed by atoms with E-state index in [2.05, 4.69) is 15.6 Å². The number of carbonyl (C=O) groups is 1. The van der Waals surface area contributed by atoms with E-state index in [0.29, 0.717) is 15.8 Å². The van der Waals surface area contributed by atoms with Gasteiger partial charge in [0.05, 0.1) is 11.7 Å². The molecule has 37 heavy (non-hydrogen) atoms. The first kappa shape index (κ1) is 25.0. The summed E-state index contributed by atoms with van der Waals surface area (Å²) in [5.41, 5.74) is 4.36. The van der Waals surface area contributed by atoms with E-state index >= 15 is 0 Å². The monoisotopic (exact) mass is 532 g/mol. The normalized spacial score (nSPS) is 17.1. The van der Waals surface area contributed by atoms with Crippen LogP contribution in [0.3, 0.4) is 0 Å². The third-order valence-corrected chi connectivity index (χ3v) is 6.74. The van der Waals surface area contributed by atoms with Crippen LogP contribution in [0.4, 0.5) is 11.4 Å². The first-order valence-corrected chi connectivity index (χ1v) is 12.5. The van der Waals surface area contributed by atoms with Crippen molar-refractivity contribution in [1.82, 2.24) is 10.3 Å². The van der Waals surface area contributed by atoms with Gasteiger partial charge in [0.25, 0.3) is 0 Å². The summed E-state index contributed by atoms with van der Waals surface area (Å²) in [6, 6.07) is 22.4. The number of nitrogens with one attached hydrogen (secondary N) is 2. The Balaban J connectivity index is 1.52. The molecule has 9 heteroatoms. The van der Waals surface area contributed by atoms with Gasteiger partial charge in [-0.25, -0.2) is 0 Å². The van der Waals surface area contributed by atoms with Crippen molar-refractivity contribution in [2.24, 2.45) is 0 Å². The number of aromatic nitrogens is 1. The molecule has 0 aliphatic carbocycles. The van der Waals surface area contributed by atoms with E-state index in [1.807, 2.05) is 84.6 Å². The van der Waals surface area contributed by atoms with Crippen LogP contribution in [-0.4, -0.2) is 29.7 Å². The van der Waals surface area contributed by atoms with Gasteiger partial charge >= 0.3 is 0 Å². The van der Waals surface area contributed by atoms with Crippen LogP contribution in [0.5, 0.6) is 0 Å².